The fourth-order valence-corrected chi connectivity index (χ4v) is 5.91. The predicted octanol–water partition coefficient (Wildman–Crippen LogP) is 2.50. The van der Waals surface area contributed by atoms with Crippen LogP contribution in [0, 0.1) is 5.92 Å². The first-order valence-electron chi connectivity index (χ1n) is 11.5. The molecule has 9 nitrogen and oxygen atoms in total. The number of methoxy groups -OCH3 is 1. The highest BCUT2D eigenvalue weighted by molar-refractivity contribution is 7.90. The Hall–Kier alpha value is -3.66. The quantitative estimate of drug-likeness (QED) is 0.586. The molecule has 35 heavy (non-hydrogen) atoms. The van der Waals surface area contributed by atoms with Crippen LogP contribution in [0.3, 0.4) is 0 Å². The topological polar surface area (TPSA) is 106 Å². The lowest BCUT2D eigenvalue weighted by molar-refractivity contribution is -0.126. The van der Waals surface area contributed by atoms with Crippen LogP contribution in [0.1, 0.15) is 35.8 Å². The van der Waals surface area contributed by atoms with Crippen molar-refractivity contribution in [1.82, 2.24) is 19.8 Å². The molecule has 0 aliphatic carbocycles. The molecule has 10 heteroatoms. The minimum absolute atomic E-state index is 0.0464. The maximum atomic E-state index is 13.3. The molecule has 2 aromatic carbocycles. The van der Waals surface area contributed by atoms with Crippen molar-refractivity contribution in [3.63, 3.8) is 0 Å². The van der Waals surface area contributed by atoms with Crippen LogP contribution in [0.15, 0.2) is 70.2 Å². The lowest BCUT2D eigenvalue weighted by atomic mass is 9.94. The van der Waals surface area contributed by atoms with E-state index < -0.39 is 16.1 Å². The van der Waals surface area contributed by atoms with Crippen LogP contribution < -0.4 is 10.1 Å². The number of benzene rings is 2. The van der Waals surface area contributed by atoms with Crippen molar-refractivity contribution in [3.05, 3.63) is 77.9 Å². The van der Waals surface area contributed by atoms with E-state index in [0.717, 1.165) is 17.1 Å². The molecule has 182 valence electrons. The van der Waals surface area contributed by atoms with Gasteiger partial charge in [0.15, 0.2) is 5.84 Å². The fraction of sp³-hybridized carbons (Fsp3) is 0.320. The second kappa shape index (κ2) is 9.18. The minimum Gasteiger partial charge on any atom is -0.497 e. The first kappa shape index (κ1) is 23.1. The largest absolute Gasteiger partial charge is 0.497 e. The van der Waals surface area contributed by atoms with Gasteiger partial charge in [0, 0.05) is 44.0 Å². The van der Waals surface area contributed by atoms with Crippen LogP contribution in [0.25, 0.3) is 0 Å². The normalized spacial score (nSPS) is 18.0. The standard InChI is InChI=1S/C25H27N5O4S/c1-29-16-13-26-24(29)22(17-7-9-19(34-2)10-8-17)27-25(31)18-11-14-30(15-12-18)23-20-5-3-4-6-21(20)35(32,33)28-23/h3-10,13,16,18,22H,11-12,14-15H2,1-2H3,(H,27,31)/t22-/m1/s1. The van der Waals surface area contributed by atoms with Gasteiger partial charge in [-0.25, -0.2) is 4.98 Å². The number of sulfonamides is 1. The van der Waals surface area contributed by atoms with Crippen LogP contribution in [0.2, 0.25) is 0 Å². The zero-order valence-electron chi connectivity index (χ0n) is 19.6. The summed E-state index contributed by atoms with van der Waals surface area (Å²) < 4.78 is 36.0. The lowest BCUT2D eigenvalue weighted by Gasteiger charge is -2.33. The van der Waals surface area contributed by atoms with E-state index in [-0.39, 0.29) is 16.7 Å². The summed E-state index contributed by atoms with van der Waals surface area (Å²) in [6.07, 6.45) is 4.77. The average molecular weight is 494 g/mol. The number of nitrogens with one attached hydrogen (secondary N) is 1. The highest BCUT2D eigenvalue weighted by Gasteiger charge is 2.35. The molecular formula is C25H27N5O4S. The molecule has 0 saturated carbocycles. The maximum Gasteiger partial charge on any atom is 0.285 e. The molecule has 0 bridgehead atoms. The van der Waals surface area contributed by atoms with Crippen molar-refractivity contribution in [1.29, 1.82) is 0 Å². The number of aryl methyl sites for hydroxylation is 1. The first-order chi connectivity index (χ1) is 16.9. The third-order valence-electron chi connectivity index (χ3n) is 6.63. The SMILES string of the molecule is COc1ccc([C@@H](NC(=O)C2CCN(C3=NS(=O)(=O)c4ccccc43)CC2)c2nccn2C)cc1. The summed E-state index contributed by atoms with van der Waals surface area (Å²) in [6, 6.07) is 14.1. The van der Waals surface area contributed by atoms with E-state index in [2.05, 4.69) is 14.7 Å². The van der Waals surface area contributed by atoms with Crippen LogP contribution in [0.5, 0.6) is 5.75 Å². The van der Waals surface area contributed by atoms with E-state index in [9.17, 15) is 13.2 Å². The Morgan fingerprint density at radius 1 is 1.11 bits per heavy atom. The molecule has 1 atom stereocenters. The molecule has 1 saturated heterocycles. The van der Waals surface area contributed by atoms with Gasteiger partial charge in [0.2, 0.25) is 5.91 Å². The zero-order valence-corrected chi connectivity index (χ0v) is 20.4. The molecule has 0 spiro atoms. The zero-order chi connectivity index (χ0) is 24.6. The molecule has 1 aromatic heterocycles. The van der Waals surface area contributed by atoms with Crippen molar-refractivity contribution in [3.8, 4) is 5.75 Å². The maximum absolute atomic E-state index is 13.3. The number of ether oxygens (including phenoxy) is 1. The second-order valence-corrected chi connectivity index (χ2v) is 10.3. The van der Waals surface area contributed by atoms with E-state index in [1.54, 1.807) is 31.5 Å². The Morgan fingerprint density at radius 2 is 1.83 bits per heavy atom. The minimum atomic E-state index is -3.67. The first-order valence-corrected chi connectivity index (χ1v) is 12.9. The number of carbonyl (C=O) groups excluding carboxylic acids is 1. The molecule has 3 aromatic rings. The smallest absolute Gasteiger partial charge is 0.285 e. The molecule has 3 heterocycles. The van der Waals surface area contributed by atoms with E-state index in [0.29, 0.717) is 37.3 Å². The third kappa shape index (κ3) is 4.41. The van der Waals surface area contributed by atoms with Gasteiger partial charge in [-0.1, -0.05) is 24.3 Å². The Balaban J connectivity index is 1.30. The highest BCUT2D eigenvalue weighted by atomic mass is 32.2. The number of amidine groups is 1. The van der Waals surface area contributed by atoms with E-state index in [1.807, 2.05) is 53.0 Å². The molecule has 5 rings (SSSR count). The Labute approximate surface area is 204 Å². The summed E-state index contributed by atoms with van der Waals surface area (Å²) in [5, 5.41) is 3.19. The van der Waals surface area contributed by atoms with Crippen molar-refractivity contribution in [2.24, 2.45) is 17.4 Å². The van der Waals surface area contributed by atoms with Crippen molar-refractivity contribution in [2.75, 3.05) is 20.2 Å². The molecule has 2 aliphatic heterocycles. The van der Waals surface area contributed by atoms with Gasteiger partial charge in [-0.05, 0) is 42.7 Å². The van der Waals surface area contributed by atoms with Gasteiger partial charge in [0.05, 0.1) is 7.11 Å². The van der Waals surface area contributed by atoms with Gasteiger partial charge in [0.25, 0.3) is 10.0 Å². The number of nitrogens with zero attached hydrogens (tertiary/aromatic N) is 4. The van der Waals surface area contributed by atoms with Crippen LogP contribution >= 0.6 is 0 Å². The fourth-order valence-electron chi connectivity index (χ4n) is 4.68. The monoisotopic (exact) mass is 493 g/mol. The van der Waals surface area contributed by atoms with Gasteiger partial charge in [-0.3, -0.25) is 4.79 Å². The molecule has 1 fully saturated rings. The number of carbonyl (C=O) groups is 1. The lowest BCUT2D eigenvalue weighted by Crippen LogP contribution is -2.44. The van der Waals surface area contributed by atoms with E-state index >= 15 is 0 Å². The Kier molecular flexibility index (Phi) is 6.06. The number of likely N-dealkylation sites (tertiary alicyclic amines) is 1. The number of hydrogen-bond acceptors (Lipinski definition) is 6. The summed E-state index contributed by atoms with van der Waals surface area (Å²) in [6.45, 7) is 1.10. The van der Waals surface area contributed by atoms with Crippen LogP contribution in [-0.2, 0) is 21.9 Å². The summed E-state index contributed by atoms with van der Waals surface area (Å²) in [4.78, 5) is 20.0. The van der Waals surface area contributed by atoms with Gasteiger partial charge >= 0.3 is 0 Å². The number of amides is 1. The summed E-state index contributed by atoms with van der Waals surface area (Å²) in [5.74, 6) is 1.71. The number of hydrogen-bond donors (Lipinski definition) is 1. The molecule has 1 amide bonds. The Bertz CT molecular complexity index is 1370. The predicted molar refractivity (Wildman–Crippen MR) is 131 cm³/mol. The molecule has 0 radical (unpaired) electrons. The summed E-state index contributed by atoms with van der Waals surface area (Å²) in [7, 11) is -0.150. The number of piperidine rings is 1. The average Bonchev–Trinajstić information content (AvgIpc) is 3.43. The van der Waals surface area contributed by atoms with Gasteiger partial charge in [-0.15, -0.1) is 4.40 Å². The summed E-state index contributed by atoms with van der Waals surface area (Å²) >= 11 is 0. The van der Waals surface area contributed by atoms with Gasteiger partial charge in [0.1, 0.15) is 22.5 Å². The van der Waals surface area contributed by atoms with Crippen molar-refractivity contribution in [2.45, 2.75) is 23.8 Å². The Morgan fingerprint density at radius 3 is 2.49 bits per heavy atom. The highest BCUT2D eigenvalue weighted by Crippen LogP contribution is 2.30. The summed E-state index contributed by atoms with van der Waals surface area (Å²) in [5.41, 5.74) is 1.54. The van der Waals surface area contributed by atoms with E-state index in [4.69, 9.17) is 4.74 Å². The van der Waals surface area contributed by atoms with Crippen molar-refractivity contribution >= 4 is 21.8 Å². The van der Waals surface area contributed by atoms with Gasteiger partial charge < -0.3 is 19.5 Å². The molecular weight excluding hydrogens is 466 g/mol. The second-order valence-electron chi connectivity index (χ2n) is 8.76. The number of imidazole rings is 1. The number of rotatable bonds is 5. The van der Waals surface area contributed by atoms with Crippen molar-refractivity contribution < 1.29 is 17.9 Å². The van der Waals surface area contributed by atoms with Crippen LogP contribution in [-0.4, -0.2) is 54.8 Å². The van der Waals surface area contributed by atoms with Gasteiger partial charge in [-0.2, -0.15) is 8.42 Å². The number of fused-ring (bicyclic) bond motifs is 1. The molecule has 2 aliphatic rings. The molecule has 0 unspecified atom stereocenters. The third-order valence-corrected chi connectivity index (χ3v) is 7.96. The number of aromatic nitrogens is 2. The van der Waals surface area contributed by atoms with Crippen LogP contribution in [0.4, 0.5) is 0 Å². The molecule has 1 N–H and O–H groups in total. The van der Waals surface area contributed by atoms with E-state index in [1.165, 1.54) is 0 Å².